The van der Waals surface area contributed by atoms with Gasteiger partial charge in [-0.05, 0) is 30.9 Å². The minimum atomic E-state index is 0.530. The van der Waals surface area contributed by atoms with E-state index in [4.69, 9.17) is 0 Å². The molecule has 0 radical (unpaired) electrons. The van der Waals surface area contributed by atoms with Crippen molar-refractivity contribution in [1.82, 2.24) is 0 Å². The zero-order valence-electron chi connectivity index (χ0n) is 9.67. The summed E-state index contributed by atoms with van der Waals surface area (Å²) in [5.74, 6) is 0.667. The maximum Gasteiger partial charge on any atom is 0.0374 e. The monoisotopic (exact) mass is 191 g/mol. The predicted molar refractivity (Wildman–Crippen MR) is 63.7 cm³/mol. The Hall–Kier alpha value is -0.980. The molecule has 0 heterocycles. The molecule has 0 aliphatic heterocycles. The lowest BCUT2D eigenvalue weighted by atomic mass is 10.0. The average Bonchev–Trinajstić information content (AvgIpc) is 2.18. The molecular weight excluding hydrogens is 170 g/mol. The van der Waals surface area contributed by atoms with E-state index in [1.807, 2.05) is 0 Å². The van der Waals surface area contributed by atoms with Crippen LogP contribution in [0.5, 0.6) is 0 Å². The summed E-state index contributed by atoms with van der Waals surface area (Å²) >= 11 is 0. The van der Waals surface area contributed by atoms with E-state index in [-0.39, 0.29) is 0 Å². The third kappa shape index (κ3) is 2.76. The highest BCUT2D eigenvalue weighted by atomic mass is 14.9. The van der Waals surface area contributed by atoms with Gasteiger partial charge in [-0.1, -0.05) is 39.0 Å². The molecule has 0 saturated carbocycles. The lowest BCUT2D eigenvalue weighted by molar-refractivity contribution is 0.559. The lowest BCUT2D eigenvalue weighted by Crippen LogP contribution is -2.22. The number of anilines is 1. The first-order valence-electron chi connectivity index (χ1n) is 5.49. The van der Waals surface area contributed by atoms with Gasteiger partial charge in [-0.2, -0.15) is 0 Å². The molecule has 1 aromatic rings. The summed E-state index contributed by atoms with van der Waals surface area (Å²) in [5.41, 5.74) is 2.69. The summed E-state index contributed by atoms with van der Waals surface area (Å²) < 4.78 is 0. The van der Waals surface area contributed by atoms with E-state index in [0.29, 0.717) is 12.0 Å². The first-order valence-corrected chi connectivity index (χ1v) is 5.49. The minimum Gasteiger partial charge on any atom is -0.382 e. The van der Waals surface area contributed by atoms with Gasteiger partial charge in [0, 0.05) is 11.7 Å². The van der Waals surface area contributed by atoms with Gasteiger partial charge in [-0.25, -0.2) is 0 Å². The van der Waals surface area contributed by atoms with Crippen LogP contribution in [0.25, 0.3) is 0 Å². The molecule has 0 fully saturated rings. The second-order valence-electron chi connectivity index (χ2n) is 4.19. The van der Waals surface area contributed by atoms with Crippen molar-refractivity contribution in [2.24, 2.45) is 5.92 Å². The molecule has 1 aromatic carbocycles. The molecular formula is C13H21N. The highest BCUT2D eigenvalue weighted by molar-refractivity contribution is 5.51. The van der Waals surface area contributed by atoms with E-state index in [2.05, 4.69) is 57.3 Å². The molecule has 0 amide bonds. The number of nitrogens with one attached hydrogen (secondary N) is 1. The van der Waals surface area contributed by atoms with Gasteiger partial charge in [0.05, 0.1) is 0 Å². The minimum absolute atomic E-state index is 0.530. The molecule has 0 bridgehead atoms. The summed E-state index contributed by atoms with van der Waals surface area (Å²) in [7, 11) is 0. The molecule has 1 nitrogen and oxygen atoms in total. The fourth-order valence-corrected chi connectivity index (χ4v) is 1.38. The van der Waals surface area contributed by atoms with Gasteiger partial charge in [-0.3, -0.25) is 0 Å². The Morgan fingerprint density at radius 2 is 1.79 bits per heavy atom. The van der Waals surface area contributed by atoms with E-state index in [1.54, 1.807) is 0 Å². The van der Waals surface area contributed by atoms with Crippen LogP contribution < -0.4 is 5.32 Å². The maximum atomic E-state index is 3.56. The summed E-state index contributed by atoms with van der Waals surface area (Å²) in [4.78, 5) is 0. The molecule has 14 heavy (non-hydrogen) atoms. The van der Waals surface area contributed by atoms with Crippen molar-refractivity contribution in [2.75, 3.05) is 5.32 Å². The number of para-hydroxylation sites is 1. The third-order valence-corrected chi connectivity index (χ3v) is 2.78. The molecule has 0 unspecified atom stereocenters. The summed E-state index contributed by atoms with van der Waals surface area (Å²) in [6.07, 6.45) is 1.09. The standard InChI is InChI=1S/C13H21N/c1-5-12-8-6-7-9-13(12)14-11(4)10(2)3/h6-11,14H,5H2,1-4H3/t11-/m0/s1. The van der Waals surface area contributed by atoms with E-state index < -0.39 is 0 Å². The molecule has 1 rings (SSSR count). The fourth-order valence-electron chi connectivity index (χ4n) is 1.38. The van der Waals surface area contributed by atoms with Crippen LogP contribution in [0.4, 0.5) is 5.69 Å². The van der Waals surface area contributed by atoms with E-state index >= 15 is 0 Å². The van der Waals surface area contributed by atoms with E-state index in [9.17, 15) is 0 Å². The fraction of sp³-hybridized carbons (Fsp3) is 0.538. The Bertz CT molecular complexity index is 278. The van der Waals surface area contributed by atoms with Crippen LogP contribution in [-0.4, -0.2) is 6.04 Å². The SMILES string of the molecule is CCc1ccccc1N[C@@H](C)C(C)C. The molecule has 0 aromatic heterocycles. The van der Waals surface area contributed by atoms with Crippen molar-refractivity contribution in [1.29, 1.82) is 0 Å². The summed E-state index contributed by atoms with van der Waals surface area (Å²) in [6, 6.07) is 9.08. The number of hydrogen-bond donors (Lipinski definition) is 1. The van der Waals surface area contributed by atoms with Gasteiger partial charge in [0.15, 0.2) is 0 Å². The highest BCUT2D eigenvalue weighted by Gasteiger charge is 2.07. The normalized spacial score (nSPS) is 12.9. The Morgan fingerprint density at radius 3 is 2.36 bits per heavy atom. The lowest BCUT2D eigenvalue weighted by Gasteiger charge is -2.20. The number of benzene rings is 1. The molecule has 78 valence electrons. The first kappa shape index (κ1) is 11.1. The number of rotatable bonds is 4. The quantitative estimate of drug-likeness (QED) is 0.765. The van der Waals surface area contributed by atoms with Crippen molar-refractivity contribution < 1.29 is 0 Å². The van der Waals surface area contributed by atoms with E-state index in [0.717, 1.165) is 6.42 Å². The Labute approximate surface area is 87.5 Å². The zero-order chi connectivity index (χ0) is 10.6. The largest absolute Gasteiger partial charge is 0.382 e. The average molecular weight is 191 g/mol. The maximum absolute atomic E-state index is 3.56. The first-order chi connectivity index (χ1) is 6.65. The number of hydrogen-bond acceptors (Lipinski definition) is 1. The van der Waals surface area contributed by atoms with Gasteiger partial charge in [0.2, 0.25) is 0 Å². The third-order valence-electron chi connectivity index (χ3n) is 2.78. The molecule has 0 aliphatic rings. The predicted octanol–water partition coefficient (Wildman–Crippen LogP) is 3.71. The molecule has 1 atom stereocenters. The van der Waals surface area contributed by atoms with Crippen LogP contribution in [0.1, 0.15) is 33.3 Å². The van der Waals surface area contributed by atoms with Gasteiger partial charge in [-0.15, -0.1) is 0 Å². The Kier molecular flexibility index (Phi) is 3.99. The van der Waals surface area contributed by atoms with Crippen molar-refractivity contribution >= 4 is 5.69 Å². The van der Waals surface area contributed by atoms with Crippen LogP contribution in [0.3, 0.4) is 0 Å². The van der Waals surface area contributed by atoms with Crippen molar-refractivity contribution in [3.8, 4) is 0 Å². The van der Waals surface area contributed by atoms with Gasteiger partial charge in [0.25, 0.3) is 0 Å². The summed E-state index contributed by atoms with van der Waals surface area (Å²) in [6.45, 7) is 8.91. The van der Waals surface area contributed by atoms with Crippen LogP contribution in [-0.2, 0) is 6.42 Å². The Morgan fingerprint density at radius 1 is 1.14 bits per heavy atom. The second kappa shape index (κ2) is 5.04. The van der Waals surface area contributed by atoms with Gasteiger partial charge in [0.1, 0.15) is 0 Å². The van der Waals surface area contributed by atoms with Crippen LogP contribution in [0.2, 0.25) is 0 Å². The van der Waals surface area contributed by atoms with Gasteiger partial charge >= 0.3 is 0 Å². The molecule has 1 heteroatoms. The highest BCUT2D eigenvalue weighted by Crippen LogP contribution is 2.18. The topological polar surface area (TPSA) is 12.0 Å². The molecule has 0 saturated heterocycles. The smallest absolute Gasteiger partial charge is 0.0374 e. The Balaban J connectivity index is 2.75. The van der Waals surface area contributed by atoms with Crippen molar-refractivity contribution in [3.05, 3.63) is 29.8 Å². The van der Waals surface area contributed by atoms with Crippen LogP contribution in [0.15, 0.2) is 24.3 Å². The molecule has 0 spiro atoms. The second-order valence-corrected chi connectivity index (χ2v) is 4.19. The molecule has 0 aliphatic carbocycles. The summed E-state index contributed by atoms with van der Waals surface area (Å²) in [5, 5.41) is 3.56. The van der Waals surface area contributed by atoms with Gasteiger partial charge < -0.3 is 5.32 Å². The van der Waals surface area contributed by atoms with Crippen molar-refractivity contribution in [2.45, 2.75) is 40.2 Å². The van der Waals surface area contributed by atoms with Crippen LogP contribution in [0, 0.1) is 5.92 Å². The van der Waals surface area contributed by atoms with E-state index in [1.165, 1.54) is 11.3 Å². The zero-order valence-corrected chi connectivity index (χ0v) is 9.67. The van der Waals surface area contributed by atoms with Crippen LogP contribution >= 0.6 is 0 Å². The molecule has 1 N–H and O–H groups in total. The number of aryl methyl sites for hydroxylation is 1. The van der Waals surface area contributed by atoms with Crippen molar-refractivity contribution in [3.63, 3.8) is 0 Å².